The Morgan fingerprint density at radius 1 is 1.19 bits per heavy atom. The van der Waals surface area contributed by atoms with E-state index in [-0.39, 0.29) is 30.3 Å². The Morgan fingerprint density at radius 2 is 1.85 bits per heavy atom. The summed E-state index contributed by atoms with van der Waals surface area (Å²) in [6.45, 7) is -0.548. The molecule has 2 rings (SSSR count). The van der Waals surface area contributed by atoms with Gasteiger partial charge in [-0.3, -0.25) is 0 Å². The van der Waals surface area contributed by atoms with Crippen molar-refractivity contribution in [3.63, 3.8) is 0 Å². The number of rotatable bonds is 4. The summed E-state index contributed by atoms with van der Waals surface area (Å²) in [5.41, 5.74) is -0.579. The summed E-state index contributed by atoms with van der Waals surface area (Å²) in [5, 5.41) is 0. The van der Waals surface area contributed by atoms with Crippen LogP contribution in [0.5, 0.6) is 5.75 Å². The Balaban J connectivity index is 2.61. The van der Waals surface area contributed by atoms with Gasteiger partial charge in [0.05, 0.1) is 32.1 Å². The molecule has 1 aliphatic rings. The normalized spacial score (nSPS) is 14.9. The number of hydrogen-bond donors (Lipinski definition) is 0. The SMILES string of the molecule is COC(=O)C1=C(C(=O)OC)N(c2ccc(I)cc2OC(F)(F)F)COC1. The number of nitrogens with zero attached hydrogens (tertiary/aromatic N) is 1. The van der Waals surface area contributed by atoms with Crippen LogP contribution >= 0.6 is 22.6 Å². The van der Waals surface area contributed by atoms with Crippen molar-refractivity contribution in [3.8, 4) is 5.75 Å². The molecule has 0 radical (unpaired) electrons. The predicted octanol–water partition coefficient (Wildman–Crippen LogP) is 2.58. The van der Waals surface area contributed by atoms with Gasteiger partial charge in [-0.25, -0.2) is 9.59 Å². The van der Waals surface area contributed by atoms with E-state index in [1.807, 2.05) is 22.6 Å². The van der Waals surface area contributed by atoms with Crippen molar-refractivity contribution in [3.05, 3.63) is 33.0 Å². The van der Waals surface area contributed by atoms with E-state index >= 15 is 0 Å². The molecule has 0 amide bonds. The first kappa shape index (κ1) is 20.3. The topological polar surface area (TPSA) is 74.3 Å². The molecule has 7 nitrogen and oxygen atoms in total. The molecule has 1 aromatic carbocycles. The zero-order valence-corrected chi connectivity index (χ0v) is 15.7. The van der Waals surface area contributed by atoms with Gasteiger partial charge >= 0.3 is 18.3 Å². The molecule has 1 aromatic rings. The molecule has 1 heterocycles. The van der Waals surface area contributed by atoms with E-state index in [9.17, 15) is 22.8 Å². The number of esters is 2. The fourth-order valence-electron chi connectivity index (χ4n) is 2.25. The van der Waals surface area contributed by atoms with Gasteiger partial charge in [-0.2, -0.15) is 0 Å². The number of ether oxygens (including phenoxy) is 4. The molecule has 0 spiro atoms. The van der Waals surface area contributed by atoms with Gasteiger partial charge in [0.15, 0.2) is 5.75 Å². The lowest BCUT2D eigenvalue weighted by Gasteiger charge is -2.32. The summed E-state index contributed by atoms with van der Waals surface area (Å²) in [4.78, 5) is 25.2. The lowest BCUT2D eigenvalue weighted by molar-refractivity contribution is -0.274. The van der Waals surface area contributed by atoms with Gasteiger partial charge in [0, 0.05) is 3.57 Å². The van der Waals surface area contributed by atoms with Gasteiger partial charge in [0.1, 0.15) is 12.4 Å². The third kappa shape index (κ3) is 4.58. The highest BCUT2D eigenvalue weighted by atomic mass is 127. The molecule has 26 heavy (non-hydrogen) atoms. The molecule has 1 aliphatic heterocycles. The number of carbonyl (C=O) groups is 2. The van der Waals surface area contributed by atoms with E-state index in [1.54, 1.807) is 0 Å². The van der Waals surface area contributed by atoms with Crippen molar-refractivity contribution >= 4 is 40.2 Å². The molecule has 0 aliphatic carbocycles. The summed E-state index contributed by atoms with van der Waals surface area (Å²) >= 11 is 1.82. The van der Waals surface area contributed by atoms with Gasteiger partial charge in [0.25, 0.3) is 0 Å². The van der Waals surface area contributed by atoms with Crippen molar-refractivity contribution in [2.24, 2.45) is 0 Å². The standard InChI is InChI=1S/C15H13F3INO6/c1-23-13(21)9-6-25-7-20(12(9)14(22)24-2)10-4-3-8(19)5-11(10)26-15(16,17)18/h3-5H,6-7H2,1-2H3. The van der Waals surface area contributed by atoms with Crippen molar-refractivity contribution < 1.29 is 41.7 Å². The number of hydrogen-bond acceptors (Lipinski definition) is 7. The Morgan fingerprint density at radius 3 is 2.42 bits per heavy atom. The minimum Gasteiger partial charge on any atom is -0.466 e. The first-order valence-corrected chi connectivity index (χ1v) is 8.06. The van der Waals surface area contributed by atoms with Crippen LogP contribution in [0.2, 0.25) is 0 Å². The fourth-order valence-corrected chi connectivity index (χ4v) is 2.71. The molecule has 0 bridgehead atoms. The second kappa shape index (κ2) is 8.12. The van der Waals surface area contributed by atoms with Gasteiger partial charge in [-0.05, 0) is 40.8 Å². The van der Waals surface area contributed by atoms with Gasteiger partial charge < -0.3 is 23.8 Å². The molecular weight excluding hydrogens is 474 g/mol. The van der Waals surface area contributed by atoms with Crippen LogP contribution in [0, 0.1) is 3.57 Å². The van der Waals surface area contributed by atoms with Crippen LogP contribution in [0.4, 0.5) is 18.9 Å². The van der Waals surface area contributed by atoms with Crippen molar-refractivity contribution in [2.45, 2.75) is 6.36 Å². The highest BCUT2D eigenvalue weighted by Crippen LogP contribution is 2.37. The molecule has 0 unspecified atom stereocenters. The summed E-state index contributed by atoms with van der Waals surface area (Å²) in [5.74, 6) is -2.34. The fraction of sp³-hybridized carbons (Fsp3) is 0.333. The molecule has 0 saturated heterocycles. The van der Waals surface area contributed by atoms with E-state index < -0.39 is 24.1 Å². The minimum absolute atomic E-state index is 0.121. The molecule has 0 saturated carbocycles. The summed E-state index contributed by atoms with van der Waals surface area (Å²) < 4.78 is 57.3. The number of halogens is 4. The molecule has 0 atom stereocenters. The van der Waals surface area contributed by atoms with E-state index in [4.69, 9.17) is 4.74 Å². The van der Waals surface area contributed by atoms with Crippen molar-refractivity contribution in [1.29, 1.82) is 0 Å². The van der Waals surface area contributed by atoms with Gasteiger partial charge in [0.2, 0.25) is 0 Å². The van der Waals surface area contributed by atoms with Crippen LogP contribution in [0.3, 0.4) is 0 Å². The maximum absolute atomic E-state index is 12.7. The second-order valence-corrected chi connectivity index (χ2v) is 6.12. The van der Waals surface area contributed by atoms with Crippen LogP contribution in [-0.4, -0.2) is 45.9 Å². The van der Waals surface area contributed by atoms with E-state index in [0.717, 1.165) is 25.2 Å². The molecule has 0 fully saturated rings. The van der Waals surface area contributed by atoms with Crippen LogP contribution in [0.25, 0.3) is 0 Å². The monoisotopic (exact) mass is 487 g/mol. The smallest absolute Gasteiger partial charge is 0.466 e. The van der Waals surface area contributed by atoms with Crippen LogP contribution in [0.15, 0.2) is 29.5 Å². The Bertz CT molecular complexity index is 749. The average molecular weight is 487 g/mol. The zero-order valence-electron chi connectivity index (χ0n) is 13.6. The van der Waals surface area contributed by atoms with Crippen molar-refractivity contribution in [1.82, 2.24) is 0 Å². The average Bonchev–Trinajstić information content (AvgIpc) is 2.58. The number of anilines is 1. The van der Waals surface area contributed by atoms with Crippen LogP contribution in [0.1, 0.15) is 0 Å². The largest absolute Gasteiger partial charge is 0.573 e. The number of benzene rings is 1. The van der Waals surface area contributed by atoms with E-state index in [1.165, 1.54) is 12.1 Å². The Hall–Kier alpha value is -2.02. The summed E-state index contributed by atoms with van der Waals surface area (Å²) in [7, 11) is 2.19. The number of carbonyl (C=O) groups excluding carboxylic acids is 2. The molecule has 0 aromatic heterocycles. The van der Waals surface area contributed by atoms with Crippen LogP contribution in [-0.2, 0) is 23.8 Å². The first-order valence-electron chi connectivity index (χ1n) is 6.98. The third-order valence-electron chi connectivity index (χ3n) is 3.27. The Kier molecular flexibility index (Phi) is 6.34. The van der Waals surface area contributed by atoms with Crippen molar-refractivity contribution in [2.75, 3.05) is 32.5 Å². The molecule has 0 N–H and O–H groups in total. The Labute approximate surface area is 159 Å². The summed E-state index contributed by atoms with van der Waals surface area (Å²) in [6.07, 6.45) is -4.95. The zero-order chi connectivity index (χ0) is 19.5. The first-order chi connectivity index (χ1) is 12.2. The highest BCUT2D eigenvalue weighted by Gasteiger charge is 2.37. The molecule has 142 valence electrons. The van der Waals surface area contributed by atoms with E-state index in [0.29, 0.717) is 3.57 Å². The maximum Gasteiger partial charge on any atom is 0.573 e. The minimum atomic E-state index is -4.95. The maximum atomic E-state index is 12.7. The van der Waals surface area contributed by atoms with Gasteiger partial charge in [-0.15, -0.1) is 13.2 Å². The van der Waals surface area contributed by atoms with E-state index in [2.05, 4.69) is 14.2 Å². The lowest BCUT2D eigenvalue weighted by atomic mass is 10.1. The molecule has 11 heteroatoms. The summed E-state index contributed by atoms with van der Waals surface area (Å²) in [6, 6.07) is 3.97. The lowest BCUT2D eigenvalue weighted by Crippen LogP contribution is -2.39. The highest BCUT2D eigenvalue weighted by molar-refractivity contribution is 14.1. The van der Waals surface area contributed by atoms with Crippen LogP contribution < -0.4 is 9.64 Å². The number of methoxy groups -OCH3 is 2. The molecular formula is C15H13F3INO6. The number of alkyl halides is 3. The quantitative estimate of drug-likeness (QED) is 0.478. The second-order valence-electron chi connectivity index (χ2n) is 4.88. The predicted molar refractivity (Wildman–Crippen MR) is 90.2 cm³/mol. The van der Waals surface area contributed by atoms with Gasteiger partial charge in [-0.1, -0.05) is 0 Å². The third-order valence-corrected chi connectivity index (χ3v) is 3.94.